The van der Waals surface area contributed by atoms with E-state index >= 15 is 0 Å². The van der Waals surface area contributed by atoms with E-state index in [1.54, 1.807) is 0 Å². The van der Waals surface area contributed by atoms with Crippen LogP contribution in [0.1, 0.15) is 26.3 Å². The highest BCUT2D eigenvalue weighted by molar-refractivity contribution is 6.50. The minimum absolute atomic E-state index is 0.179. The topological polar surface area (TPSA) is 29.1 Å². The number of benzene rings is 1. The van der Waals surface area contributed by atoms with Gasteiger partial charge in [-0.05, 0) is 26.3 Å². The fourth-order valence-corrected chi connectivity index (χ4v) is 1.43. The van der Waals surface area contributed by atoms with Crippen molar-refractivity contribution in [3.63, 3.8) is 0 Å². The van der Waals surface area contributed by atoms with Gasteiger partial charge in [0.25, 0.3) is 0 Å². The molecule has 0 radical (unpaired) electrons. The molecule has 16 heavy (non-hydrogen) atoms. The summed E-state index contributed by atoms with van der Waals surface area (Å²) >= 11 is 6.03. The molecule has 1 N–H and O–H groups in total. The van der Waals surface area contributed by atoms with E-state index in [1.807, 2.05) is 51.1 Å². The molecule has 0 heterocycles. The molecule has 1 amide bonds. The molecule has 0 aliphatic heterocycles. The van der Waals surface area contributed by atoms with Crippen molar-refractivity contribution in [1.29, 1.82) is 0 Å². The molecule has 86 valence electrons. The molecule has 3 heteroatoms. The number of amides is 1. The van der Waals surface area contributed by atoms with Crippen LogP contribution in [0.4, 0.5) is 0 Å². The molecule has 0 bridgehead atoms. The smallest absolute Gasteiger partial charge is 0.245 e. The maximum absolute atomic E-state index is 11.6. The first-order chi connectivity index (χ1) is 7.38. The number of rotatable bonds is 2. The Kier molecular flexibility index (Phi) is 4.13. The van der Waals surface area contributed by atoms with Gasteiger partial charge >= 0.3 is 0 Å². The molecule has 1 aromatic carbocycles. The van der Waals surface area contributed by atoms with E-state index in [2.05, 4.69) is 5.32 Å². The quantitative estimate of drug-likeness (QED) is 0.787. The zero-order valence-corrected chi connectivity index (χ0v) is 10.5. The Morgan fingerprint density at radius 1 is 1.25 bits per heavy atom. The Morgan fingerprint density at radius 2 is 1.81 bits per heavy atom. The van der Waals surface area contributed by atoms with E-state index in [4.69, 9.17) is 11.6 Å². The molecular weight excluding hydrogens is 222 g/mol. The minimum Gasteiger partial charge on any atom is -0.348 e. The molecule has 0 aliphatic carbocycles. The number of carbonyl (C=O) groups excluding carboxylic acids is 1. The fraction of sp³-hybridized carbons (Fsp3) is 0.308. The monoisotopic (exact) mass is 237 g/mol. The van der Waals surface area contributed by atoms with Gasteiger partial charge in [0, 0.05) is 11.6 Å². The standard InChI is InChI=1S/C13H16ClNO/c1-13(2,3)15-12(16)9-11(14)10-7-5-4-6-8-10/h4-9H,1-3H3,(H,15,16)/b11-9-. The fourth-order valence-electron chi connectivity index (χ4n) is 1.20. The average molecular weight is 238 g/mol. The first-order valence-electron chi connectivity index (χ1n) is 5.13. The van der Waals surface area contributed by atoms with Gasteiger partial charge in [-0.2, -0.15) is 0 Å². The summed E-state index contributed by atoms with van der Waals surface area (Å²) in [4.78, 5) is 11.6. The third kappa shape index (κ3) is 4.49. The zero-order chi connectivity index (χ0) is 12.2. The summed E-state index contributed by atoms with van der Waals surface area (Å²) in [5.41, 5.74) is 0.592. The lowest BCUT2D eigenvalue weighted by atomic mass is 10.1. The second kappa shape index (κ2) is 5.17. The third-order valence-electron chi connectivity index (χ3n) is 1.81. The maximum Gasteiger partial charge on any atom is 0.245 e. The summed E-state index contributed by atoms with van der Waals surface area (Å²) in [5, 5.41) is 3.27. The van der Waals surface area contributed by atoms with Crippen molar-refractivity contribution < 1.29 is 4.79 Å². The summed E-state index contributed by atoms with van der Waals surface area (Å²) in [6, 6.07) is 9.40. The van der Waals surface area contributed by atoms with Crippen molar-refractivity contribution in [2.45, 2.75) is 26.3 Å². The molecule has 2 nitrogen and oxygen atoms in total. The van der Waals surface area contributed by atoms with Crippen LogP contribution in [0.5, 0.6) is 0 Å². The largest absolute Gasteiger partial charge is 0.348 e. The van der Waals surface area contributed by atoms with Gasteiger partial charge in [0.2, 0.25) is 5.91 Å². The van der Waals surface area contributed by atoms with Gasteiger partial charge < -0.3 is 5.32 Å². The second-order valence-electron chi connectivity index (χ2n) is 4.60. The van der Waals surface area contributed by atoms with Crippen LogP contribution in [-0.4, -0.2) is 11.4 Å². The minimum atomic E-state index is -0.249. The maximum atomic E-state index is 11.6. The van der Waals surface area contributed by atoms with E-state index in [0.29, 0.717) is 5.03 Å². The molecular formula is C13H16ClNO. The van der Waals surface area contributed by atoms with Crippen molar-refractivity contribution in [1.82, 2.24) is 5.32 Å². The Bertz CT molecular complexity index is 390. The molecule has 0 saturated carbocycles. The molecule has 0 atom stereocenters. The van der Waals surface area contributed by atoms with Crippen molar-refractivity contribution >= 4 is 22.5 Å². The summed E-state index contributed by atoms with van der Waals surface area (Å²) in [6.07, 6.45) is 1.40. The van der Waals surface area contributed by atoms with Gasteiger partial charge in [0.1, 0.15) is 0 Å². The molecule has 0 spiro atoms. The lowest BCUT2D eigenvalue weighted by Crippen LogP contribution is -2.39. The van der Waals surface area contributed by atoms with Crippen LogP contribution in [0.25, 0.3) is 5.03 Å². The van der Waals surface area contributed by atoms with Crippen LogP contribution in [0.3, 0.4) is 0 Å². The van der Waals surface area contributed by atoms with E-state index in [1.165, 1.54) is 6.08 Å². The molecule has 0 aliphatic rings. The highest BCUT2D eigenvalue weighted by Gasteiger charge is 2.12. The Balaban J connectivity index is 2.75. The van der Waals surface area contributed by atoms with E-state index < -0.39 is 0 Å². The van der Waals surface area contributed by atoms with Gasteiger partial charge in [-0.15, -0.1) is 0 Å². The summed E-state index contributed by atoms with van der Waals surface area (Å²) in [5.74, 6) is -0.179. The predicted molar refractivity (Wildman–Crippen MR) is 68.2 cm³/mol. The highest BCUT2D eigenvalue weighted by atomic mass is 35.5. The van der Waals surface area contributed by atoms with Crippen LogP contribution in [0.15, 0.2) is 36.4 Å². The van der Waals surface area contributed by atoms with Gasteiger partial charge in [-0.3, -0.25) is 4.79 Å². The summed E-state index contributed by atoms with van der Waals surface area (Å²) in [7, 11) is 0. The normalized spacial score (nSPS) is 12.4. The van der Waals surface area contributed by atoms with Crippen LogP contribution in [-0.2, 0) is 4.79 Å². The molecule has 0 unspecified atom stereocenters. The van der Waals surface area contributed by atoms with Gasteiger partial charge in [-0.1, -0.05) is 41.9 Å². The number of hydrogen-bond donors (Lipinski definition) is 1. The van der Waals surface area contributed by atoms with Crippen LogP contribution < -0.4 is 5.32 Å². The number of carbonyl (C=O) groups is 1. The lowest BCUT2D eigenvalue weighted by molar-refractivity contribution is -0.117. The summed E-state index contributed by atoms with van der Waals surface area (Å²) < 4.78 is 0. The predicted octanol–water partition coefficient (Wildman–Crippen LogP) is 3.18. The van der Waals surface area contributed by atoms with Crippen LogP contribution in [0, 0.1) is 0 Å². The van der Waals surface area contributed by atoms with Crippen LogP contribution >= 0.6 is 11.6 Å². The van der Waals surface area contributed by atoms with Crippen molar-refractivity contribution in [3.8, 4) is 0 Å². The lowest BCUT2D eigenvalue weighted by Gasteiger charge is -2.19. The third-order valence-corrected chi connectivity index (χ3v) is 2.13. The van der Waals surface area contributed by atoms with Crippen molar-refractivity contribution in [2.24, 2.45) is 0 Å². The van der Waals surface area contributed by atoms with E-state index in [9.17, 15) is 4.79 Å². The Morgan fingerprint density at radius 3 is 2.31 bits per heavy atom. The van der Waals surface area contributed by atoms with Gasteiger partial charge in [0.15, 0.2) is 0 Å². The molecule has 0 saturated heterocycles. The van der Waals surface area contributed by atoms with Crippen molar-refractivity contribution in [2.75, 3.05) is 0 Å². The molecule has 0 fully saturated rings. The van der Waals surface area contributed by atoms with E-state index in [-0.39, 0.29) is 11.4 Å². The first-order valence-corrected chi connectivity index (χ1v) is 5.51. The van der Waals surface area contributed by atoms with Crippen LogP contribution in [0.2, 0.25) is 0 Å². The molecule has 1 rings (SSSR count). The average Bonchev–Trinajstić information content (AvgIpc) is 2.16. The second-order valence-corrected chi connectivity index (χ2v) is 5.00. The number of hydrogen-bond acceptors (Lipinski definition) is 1. The highest BCUT2D eigenvalue weighted by Crippen LogP contribution is 2.17. The van der Waals surface area contributed by atoms with Crippen molar-refractivity contribution in [3.05, 3.63) is 42.0 Å². The zero-order valence-electron chi connectivity index (χ0n) is 9.75. The first kappa shape index (κ1) is 12.8. The molecule has 1 aromatic rings. The van der Waals surface area contributed by atoms with E-state index in [0.717, 1.165) is 5.56 Å². The summed E-state index contributed by atoms with van der Waals surface area (Å²) in [6.45, 7) is 5.78. The SMILES string of the molecule is CC(C)(C)NC(=O)/C=C(\Cl)c1ccccc1. The Hall–Kier alpha value is -1.28. The van der Waals surface area contributed by atoms with Gasteiger partial charge in [-0.25, -0.2) is 0 Å². The Labute approximate surface area is 101 Å². The molecule has 0 aromatic heterocycles. The van der Waals surface area contributed by atoms with Gasteiger partial charge in [0.05, 0.1) is 5.03 Å². The number of halogens is 1. The number of nitrogens with one attached hydrogen (secondary N) is 1.